The van der Waals surface area contributed by atoms with Crippen LogP contribution in [0.3, 0.4) is 0 Å². The number of aromatic hydroxyl groups is 1. The zero-order valence-corrected chi connectivity index (χ0v) is 18.7. The van der Waals surface area contributed by atoms with Crippen LogP contribution in [-0.2, 0) is 9.59 Å². The number of carbonyl (C=O) groups is 2. The highest BCUT2D eigenvalue weighted by Crippen LogP contribution is 2.43. The third kappa shape index (κ3) is 3.55. The van der Waals surface area contributed by atoms with E-state index in [9.17, 15) is 19.8 Å². The first-order valence-corrected chi connectivity index (χ1v) is 10.9. The highest BCUT2D eigenvalue weighted by molar-refractivity contribution is 6.51. The number of hydrogen-bond acceptors (Lipinski definition) is 6. The maximum atomic E-state index is 13.2. The molecule has 1 amide bonds. The highest BCUT2D eigenvalue weighted by Gasteiger charge is 2.47. The van der Waals surface area contributed by atoms with Crippen molar-refractivity contribution in [3.8, 4) is 17.2 Å². The number of aliphatic hydroxyl groups excluding tert-OH is 1. The predicted octanol–water partition coefficient (Wildman–Crippen LogP) is 4.87. The summed E-state index contributed by atoms with van der Waals surface area (Å²) in [6.45, 7) is 4.22. The van der Waals surface area contributed by atoms with E-state index in [0.717, 1.165) is 5.56 Å². The van der Waals surface area contributed by atoms with Crippen molar-refractivity contribution in [2.24, 2.45) is 0 Å². The summed E-state index contributed by atoms with van der Waals surface area (Å²) in [5.74, 6) is -0.489. The Bertz CT molecular complexity index is 1310. The minimum Gasteiger partial charge on any atom is -0.508 e. The molecule has 7 nitrogen and oxygen atoms in total. The smallest absolute Gasteiger partial charge is 0.300 e. The Morgan fingerprint density at radius 3 is 2.29 bits per heavy atom. The van der Waals surface area contributed by atoms with Crippen molar-refractivity contribution in [1.82, 2.24) is 0 Å². The highest BCUT2D eigenvalue weighted by atomic mass is 16.7. The van der Waals surface area contributed by atoms with Gasteiger partial charge in [-0.05, 0) is 59.5 Å². The molecule has 0 bridgehead atoms. The van der Waals surface area contributed by atoms with Gasteiger partial charge in [-0.3, -0.25) is 14.5 Å². The van der Waals surface area contributed by atoms with Gasteiger partial charge in [0.1, 0.15) is 11.5 Å². The van der Waals surface area contributed by atoms with Gasteiger partial charge >= 0.3 is 0 Å². The molecule has 7 heteroatoms. The molecule has 5 rings (SSSR count). The molecule has 0 radical (unpaired) electrons. The molecule has 2 aliphatic rings. The number of rotatable bonds is 4. The van der Waals surface area contributed by atoms with Gasteiger partial charge in [0.15, 0.2) is 11.5 Å². The number of fused-ring (bicyclic) bond motifs is 1. The number of ketones is 1. The van der Waals surface area contributed by atoms with Crippen molar-refractivity contribution in [3.63, 3.8) is 0 Å². The average Bonchev–Trinajstić information content (AvgIpc) is 3.41. The molecule has 34 heavy (non-hydrogen) atoms. The first-order chi connectivity index (χ1) is 16.3. The fraction of sp³-hybridized carbons (Fsp3) is 0.185. The van der Waals surface area contributed by atoms with E-state index in [1.165, 1.54) is 17.0 Å². The molecule has 1 unspecified atom stereocenters. The molecule has 2 aliphatic heterocycles. The molecule has 172 valence electrons. The van der Waals surface area contributed by atoms with Gasteiger partial charge in [-0.1, -0.05) is 38.1 Å². The lowest BCUT2D eigenvalue weighted by atomic mass is 9.94. The van der Waals surface area contributed by atoms with E-state index in [0.29, 0.717) is 34.2 Å². The van der Waals surface area contributed by atoms with Gasteiger partial charge in [-0.15, -0.1) is 0 Å². The molecule has 3 aromatic rings. The fourth-order valence-corrected chi connectivity index (χ4v) is 4.29. The van der Waals surface area contributed by atoms with Crippen LogP contribution in [0.25, 0.3) is 5.76 Å². The van der Waals surface area contributed by atoms with E-state index < -0.39 is 17.7 Å². The third-order valence-corrected chi connectivity index (χ3v) is 6.14. The Balaban J connectivity index is 1.67. The van der Waals surface area contributed by atoms with Crippen molar-refractivity contribution >= 4 is 23.1 Å². The molecule has 1 atom stereocenters. The summed E-state index contributed by atoms with van der Waals surface area (Å²) >= 11 is 0. The third-order valence-electron chi connectivity index (χ3n) is 6.14. The molecule has 0 aliphatic carbocycles. The molecule has 0 saturated carbocycles. The fourth-order valence-electron chi connectivity index (χ4n) is 4.29. The van der Waals surface area contributed by atoms with Gasteiger partial charge in [-0.2, -0.15) is 0 Å². The minimum absolute atomic E-state index is 0.0394. The maximum absolute atomic E-state index is 13.2. The van der Waals surface area contributed by atoms with Crippen molar-refractivity contribution < 1.29 is 29.3 Å². The number of carbonyl (C=O) groups excluding carboxylic acids is 2. The number of Topliss-reactive ketones (excluding diaryl/α,β-unsaturated/α-hetero) is 1. The van der Waals surface area contributed by atoms with Crippen LogP contribution in [0.2, 0.25) is 0 Å². The molecule has 0 aromatic heterocycles. The summed E-state index contributed by atoms with van der Waals surface area (Å²) < 4.78 is 10.7. The van der Waals surface area contributed by atoms with Crippen LogP contribution in [0.4, 0.5) is 5.69 Å². The van der Waals surface area contributed by atoms with Crippen LogP contribution in [0.5, 0.6) is 17.2 Å². The van der Waals surface area contributed by atoms with Crippen molar-refractivity contribution in [1.29, 1.82) is 0 Å². The Hall–Kier alpha value is -4.26. The second-order valence-electron chi connectivity index (χ2n) is 8.57. The van der Waals surface area contributed by atoms with Crippen molar-refractivity contribution in [2.45, 2.75) is 25.8 Å². The van der Waals surface area contributed by atoms with E-state index in [1.54, 1.807) is 42.5 Å². The summed E-state index contributed by atoms with van der Waals surface area (Å²) in [6.07, 6.45) is 0. The first-order valence-electron chi connectivity index (χ1n) is 10.9. The normalized spacial score (nSPS) is 18.7. The lowest BCUT2D eigenvalue weighted by Gasteiger charge is -2.26. The van der Waals surface area contributed by atoms with E-state index in [4.69, 9.17) is 9.47 Å². The molecule has 2 heterocycles. The number of anilines is 1. The minimum atomic E-state index is -0.879. The number of aliphatic hydroxyl groups is 1. The van der Waals surface area contributed by atoms with E-state index in [-0.39, 0.29) is 23.9 Å². The molecule has 0 spiro atoms. The van der Waals surface area contributed by atoms with Crippen LogP contribution in [0.1, 0.15) is 42.5 Å². The second kappa shape index (κ2) is 8.26. The topological polar surface area (TPSA) is 96.3 Å². The van der Waals surface area contributed by atoms with Crippen molar-refractivity contribution in [3.05, 3.63) is 89.0 Å². The van der Waals surface area contributed by atoms with Crippen LogP contribution >= 0.6 is 0 Å². The van der Waals surface area contributed by atoms with Gasteiger partial charge < -0.3 is 19.7 Å². The quantitative estimate of drug-likeness (QED) is 0.330. The van der Waals surface area contributed by atoms with Gasteiger partial charge in [0, 0.05) is 11.3 Å². The molecule has 1 fully saturated rings. The van der Waals surface area contributed by atoms with Crippen LogP contribution in [-0.4, -0.2) is 28.7 Å². The lowest BCUT2D eigenvalue weighted by molar-refractivity contribution is -0.132. The van der Waals surface area contributed by atoms with Gasteiger partial charge in [-0.25, -0.2) is 0 Å². The Labute approximate surface area is 196 Å². The first kappa shape index (κ1) is 21.6. The number of benzene rings is 3. The van der Waals surface area contributed by atoms with E-state index >= 15 is 0 Å². The number of phenolic OH excluding ortho intramolecular Hbond substituents is 1. The number of amides is 1. The summed E-state index contributed by atoms with van der Waals surface area (Å²) in [6, 6.07) is 17.6. The molecular weight excluding hydrogens is 434 g/mol. The Morgan fingerprint density at radius 2 is 1.62 bits per heavy atom. The summed E-state index contributed by atoms with van der Waals surface area (Å²) in [5.41, 5.74) is 2.51. The van der Waals surface area contributed by atoms with Gasteiger partial charge in [0.05, 0.1) is 11.6 Å². The summed E-state index contributed by atoms with van der Waals surface area (Å²) in [7, 11) is 0. The molecule has 3 aromatic carbocycles. The molecule has 1 saturated heterocycles. The van der Waals surface area contributed by atoms with Crippen LogP contribution < -0.4 is 14.4 Å². The molecule has 2 N–H and O–H groups in total. The standard InChI is InChI=1S/C27H23NO6/c1-15(2)16-3-8-19(9-4-16)28-24(17-5-10-20(29)11-6-17)23(26(31)27(28)32)25(30)18-7-12-21-22(13-18)34-14-33-21/h3-13,15,24,29-30H,14H2,1-2H3/b25-23-. The monoisotopic (exact) mass is 457 g/mol. The average molecular weight is 457 g/mol. The number of hydrogen-bond donors (Lipinski definition) is 2. The van der Waals surface area contributed by atoms with Crippen LogP contribution in [0, 0.1) is 0 Å². The SMILES string of the molecule is CC(C)c1ccc(N2C(=O)C(=O)/C(=C(\O)c3ccc4c(c3)OCO4)C2c2ccc(O)cc2)cc1. The van der Waals surface area contributed by atoms with E-state index in [2.05, 4.69) is 13.8 Å². The Kier molecular flexibility index (Phi) is 5.24. The predicted molar refractivity (Wildman–Crippen MR) is 126 cm³/mol. The summed E-state index contributed by atoms with van der Waals surface area (Å²) in [4.78, 5) is 27.9. The van der Waals surface area contributed by atoms with Gasteiger partial charge in [0.2, 0.25) is 6.79 Å². The maximum Gasteiger partial charge on any atom is 0.300 e. The Morgan fingerprint density at radius 1 is 0.941 bits per heavy atom. The largest absolute Gasteiger partial charge is 0.508 e. The zero-order valence-electron chi connectivity index (χ0n) is 18.7. The van der Waals surface area contributed by atoms with Crippen LogP contribution in [0.15, 0.2) is 72.3 Å². The summed E-state index contributed by atoms with van der Waals surface area (Å²) in [5, 5.41) is 21.0. The number of nitrogens with zero attached hydrogens (tertiary/aromatic N) is 1. The number of ether oxygens (including phenoxy) is 2. The second-order valence-corrected chi connectivity index (χ2v) is 8.57. The molecular formula is C27H23NO6. The number of phenols is 1. The van der Waals surface area contributed by atoms with Gasteiger partial charge in [0.25, 0.3) is 11.7 Å². The van der Waals surface area contributed by atoms with Crippen molar-refractivity contribution in [2.75, 3.05) is 11.7 Å². The zero-order chi connectivity index (χ0) is 24.0. The van der Waals surface area contributed by atoms with E-state index in [1.807, 2.05) is 12.1 Å². The lowest BCUT2D eigenvalue weighted by Crippen LogP contribution is -2.29.